The van der Waals surface area contributed by atoms with Crippen molar-refractivity contribution in [3.8, 4) is 11.3 Å². The van der Waals surface area contributed by atoms with Gasteiger partial charge in [-0.1, -0.05) is 34.1 Å². The second-order valence-corrected chi connectivity index (χ2v) is 8.04. The summed E-state index contributed by atoms with van der Waals surface area (Å²) in [6.45, 7) is 1.24. The molecule has 1 fully saturated rings. The molecule has 0 bridgehead atoms. The maximum atomic E-state index is 13.1. The molecule has 7 heteroatoms. The molecule has 0 spiro atoms. The van der Waals surface area contributed by atoms with E-state index in [2.05, 4.69) is 20.9 Å². The van der Waals surface area contributed by atoms with Crippen molar-refractivity contribution in [1.82, 2.24) is 9.97 Å². The van der Waals surface area contributed by atoms with Crippen LogP contribution in [0.2, 0.25) is 0 Å². The maximum absolute atomic E-state index is 13.1. The van der Waals surface area contributed by atoms with E-state index in [-0.39, 0.29) is 12.0 Å². The van der Waals surface area contributed by atoms with Gasteiger partial charge in [0.25, 0.3) is 5.91 Å². The molecular weight excluding hydrogens is 426 g/mol. The summed E-state index contributed by atoms with van der Waals surface area (Å²) in [5.74, 6) is -0.150. The van der Waals surface area contributed by atoms with Gasteiger partial charge in [-0.15, -0.1) is 11.3 Å². The van der Waals surface area contributed by atoms with E-state index < -0.39 is 0 Å². The van der Waals surface area contributed by atoms with Gasteiger partial charge in [0.2, 0.25) is 0 Å². The SMILES string of the molecule is O=C(c1ccccn1)N(CC1CCCO1)c1nc(-c2ccc(Br)cc2)cs1. The molecule has 3 heterocycles. The lowest BCUT2D eigenvalue weighted by atomic mass is 10.2. The minimum absolute atomic E-state index is 0.0395. The number of benzene rings is 1. The van der Waals surface area contributed by atoms with Crippen LogP contribution in [0.1, 0.15) is 23.3 Å². The Balaban J connectivity index is 1.63. The van der Waals surface area contributed by atoms with Crippen LogP contribution in [0.5, 0.6) is 0 Å². The first-order chi connectivity index (χ1) is 13.2. The molecule has 1 saturated heterocycles. The van der Waals surface area contributed by atoms with Crippen LogP contribution in [-0.4, -0.2) is 35.1 Å². The summed E-state index contributed by atoms with van der Waals surface area (Å²) in [6, 6.07) is 13.3. The molecule has 1 aliphatic heterocycles. The Bertz CT molecular complexity index is 908. The topological polar surface area (TPSA) is 55.3 Å². The average molecular weight is 444 g/mol. The van der Waals surface area contributed by atoms with Crippen molar-refractivity contribution >= 4 is 38.3 Å². The number of hydrogen-bond donors (Lipinski definition) is 0. The Morgan fingerprint density at radius 2 is 2.11 bits per heavy atom. The summed E-state index contributed by atoms with van der Waals surface area (Å²) in [5, 5.41) is 2.64. The van der Waals surface area contributed by atoms with Crippen molar-refractivity contribution in [3.63, 3.8) is 0 Å². The first-order valence-corrected chi connectivity index (χ1v) is 10.4. The molecule has 3 aromatic rings. The average Bonchev–Trinajstić information content (AvgIpc) is 3.39. The first kappa shape index (κ1) is 18.3. The quantitative estimate of drug-likeness (QED) is 0.568. The van der Waals surface area contributed by atoms with Crippen molar-refractivity contribution in [1.29, 1.82) is 0 Å². The Morgan fingerprint density at radius 1 is 1.26 bits per heavy atom. The van der Waals surface area contributed by atoms with Gasteiger partial charge in [-0.3, -0.25) is 14.7 Å². The third-order valence-corrected chi connectivity index (χ3v) is 5.79. The highest BCUT2D eigenvalue weighted by atomic mass is 79.9. The van der Waals surface area contributed by atoms with Crippen LogP contribution in [0, 0.1) is 0 Å². The number of carbonyl (C=O) groups excluding carboxylic acids is 1. The number of pyridine rings is 1. The van der Waals surface area contributed by atoms with Crippen LogP contribution in [-0.2, 0) is 4.74 Å². The number of anilines is 1. The number of hydrogen-bond acceptors (Lipinski definition) is 5. The fourth-order valence-corrected chi connectivity index (χ4v) is 4.11. The normalized spacial score (nSPS) is 16.4. The van der Waals surface area contributed by atoms with E-state index in [0.717, 1.165) is 35.2 Å². The minimum atomic E-state index is -0.150. The molecule has 1 atom stereocenters. The van der Waals surface area contributed by atoms with Crippen molar-refractivity contribution < 1.29 is 9.53 Å². The summed E-state index contributed by atoms with van der Waals surface area (Å²) < 4.78 is 6.77. The summed E-state index contributed by atoms with van der Waals surface area (Å²) in [5.41, 5.74) is 2.28. The molecule has 0 aliphatic carbocycles. The standard InChI is InChI=1S/C20H18BrN3O2S/c21-15-8-6-14(7-9-15)18-13-27-20(23-18)24(12-16-4-3-11-26-16)19(25)17-5-1-2-10-22-17/h1-2,5-10,13,16H,3-4,11-12H2. The van der Waals surface area contributed by atoms with E-state index in [9.17, 15) is 4.79 Å². The number of thiazole rings is 1. The zero-order valence-electron chi connectivity index (χ0n) is 14.5. The van der Waals surface area contributed by atoms with Crippen LogP contribution < -0.4 is 4.90 Å². The third-order valence-electron chi connectivity index (χ3n) is 4.40. The lowest BCUT2D eigenvalue weighted by Gasteiger charge is -2.22. The van der Waals surface area contributed by atoms with Gasteiger partial charge in [0.1, 0.15) is 5.69 Å². The highest BCUT2D eigenvalue weighted by Gasteiger charge is 2.27. The second-order valence-electron chi connectivity index (χ2n) is 6.29. The van der Waals surface area contributed by atoms with E-state index >= 15 is 0 Å². The minimum Gasteiger partial charge on any atom is -0.376 e. The Labute approximate surface area is 170 Å². The summed E-state index contributed by atoms with van der Waals surface area (Å²) in [4.78, 5) is 23.7. The molecule has 27 heavy (non-hydrogen) atoms. The van der Waals surface area contributed by atoms with Crippen molar-refractivity contribution in [3.05, 3.63) is 64.2 Å². The van der Waals surface area contributed by atoms with E-state index in [1.807, 2.05) is 35.7 Å². The Morgan fingerprint density at radius 3 is 2.81 bits per heavy atom. The Hall–Kier alpha value is -2.09. The highest BCUT2D eigenvalue weighted by molar-refractivity contribution is 9.10. The van der Waals surface area contributed by atoms with Crippen molar-refractivity contribution in [2.75, 3.05) is 18.1 Å². The molecule has 4 rings (SSSR count). The predicted molar refractivity (Wildman–Crippen MR) is 110 cm³/mol. The molecule has 1 amide bonds. The van der Waals surface area contributed by atoms with Crippen LogP contribution in [0.15, 0.2) is 58.5 Å². The number of carbonyl (C=O) groups is 1. The number of nitrogens with zero attached hydrogens (tertiary/aromatic N) is 3. The highest BCUT2D eigenvalue weighted by Crippen LogP contribution is 2.30. The molecule has 138 valence electrons. The van der Waals surface area contributed by atoms with Gasteiger partial charge in [0.05, 0.1) is 18.3 Å². The summed E-state index contributed by atoms with van der Waals surface area (Å²) in [6.07, 6.45) is 3.65. The van der Waals surface area contributed by atoms with Gasteiger partial charge in [-0.25, -0.2) is 4.98 Å². The van der Waals surface area contributed by atoms with E-state index in [1.165, 1.54) is 11.3 Å². The molecule has 2 aromatic heterocycles. The van der Waals surface area contributed by atoms with Gasteiger partial charge >= 0.3 is 0 Å². The predicted octanol–water partition coefficient (Wildman–Crippen LogP) is 4.79. The number of aromatic nitrogens is 2. The van der Waals surface area contributed by atoms with Crippen LogP contribution in [0.25, 0.3) is 11.3 Å². The summed E-state index contributed by atoms with van der Waals surface area (Å²) >= 11 is 4.91. The van der Waals surface area contributed by atoms with E-state index in [0.29, 0.717) is 17.4 Å². The van der Waals surface area contributed by atoms with Gasteiger partial charge in [-0.2, -0.15) is 0 Å². The zero-order valence-corrected chi connectivity index (χ0v) is 16.9. The smallest absolute Gasteiger partial charge is 0.278 e. The van der Waals surface area contributed by atoms with Crippen LogP contribution >= 0.6 is 27.3 Å². The van der Waals surface area contributed by atoms with Gasteiger partial charge in [-0.05, 0) is 37.1 Å². The molecule has 0 radical (unpaired) electrons. The molecule has 0 N–H and O–H groups in total. The van der Waals surface area contributed by atoms with Crippen LogP contribution in [0.3, 0.4) is 0 Å². The molecule has 1 aromatic carbocycles. The van der Waals surface area contributed by atoms with Gasteiger partial charge < -0.3 is 4.74 Å². The molecule has 1 unspecified atom stereocenters. The fourth-order valence-electron chi connectivity index (χ4n) is 3.01. The number of ether oxygens (including phenoxy) is 1. The van der Waals surface area contributed by atoms with Crippen LogP contribution in [0.4, 0.5) is 5.13 Å². The van der Waals surface area contributed by atoms with Crippen molar-refractivity contribution in [2.45, 2.75) is 18.9 Å². The second kappa shape index (κ2) is 8.29. The maximum Gasteiger partial charge on any atom is 0.278 e. The Kier molecular flexibility index (Phi) is 5.61. The molecule has 5 nitrogen and oxygen atoms in total. The zero-order chi connectivity index (χ0) is 18.6. The molecule has 0 saturated carbocycles. The van der Waals surface area contributed by atoms with Gasteiger partial charge in [0, 0.05) is 28.2 Å². The van der Waals surface area contributed by atoms with E-state index in [1.54, 1.807) is 23.2 Å². The van der Waals surface area contributed by atoms with E-state index in [4.69, 9.17) is 9.72 Å². The number of halogens is 1. The van der Waals surface area contributed by atoms with Gasteiger partial charge in [0.15, 0.2) is 5.13 Å². The monoisotopic (exact) mass is 443 g/mol. The van der Waals surface area contributed by atoms with Crippen molar-refractivity contribution in [2.24, 2.45) is 0 Å². The molecule has 1 aliphatic rings. The fraction of sp³-hybridized carbons (Fsp3) is 0.250. The largest absolute Gasteiger partial charge is 0.376 e. The first-order valence-electron chi connectivity index (χ1n) is 8.76. The number of amides is 1. The lowest BCUT2D eigenvalue weighted by Crippen LogP contribution is -2.37. The lowest BCUT2D eigenvalue weighted by molar-refractivity contribution is 0.0913. The third kappa shape index (κ3) is 4.26. The molecular formula is C20H18BrN3O2S. The number of rotatable bonds is 5. The summed E-state index contributed by atoms with van der Waals surface area (Å²) in [7, 11) is 0.